The summed E-state index contributed by atoms with van der Waals surface area (Å²) in [6, 6.07) is 0. The van der Waals surface area contributed by atoms with Crippen molar-refractivity contribution < 1.29 is 20.4 Å². The van der Waals surface area contributed by atoms with Crippen LogP contribution in [0.15, 0.2) is 11.6 Å². The number of aliphatic hydroxyl groups is 4. The minimum Gasteiger partial charge on any atom is -0.390 e. The zero-order chi connectivity index (χ0) is 18.1. The fourth-order valence-corrected chi connectivity index (χ4v) is 7.65. The largest absolute Gasteiger partial charge is 0.390 e. The normalized spacial score (nSPS) is 60.0. The molecule has 6 unspecified atom stereocenters. The summed E-state index contributed by atoms with van der Waals surface area (Å²) in [5.74, 6) is 0.380. The lowest BCUT2D eigenvalue weighted by atomic mass is 9.43. The van der Waals surface area contributed by atoms with Gasteiger partial charge in [-0.15, -0.1) is 0 Å². The van der Waals surface area contributed by atoms with Gasteiger partial charge < -0.3 is 20.4 Å². The molecule has 4 heteroatoms. The van der Waals surface area contributed by atoms with E-state index in [4.69, 9.17) is 0 Å². The maximum atomic E-state index is 11.1. The van der Waals surface area contributed by atoms with Gasteiger partial charge in [0.05, 0.1) is 24.4 Å². The molecule has 4 saturated carbocycles. The van der Waals surface area contributed by atoms with E-state index in [2.05, 4.69) is 26.8 Å². The number of allylic oxidation sites excluding steroid dienone is 2. The molecular formula is C21H34O4. The molecule has 0 heterocycles. The van der Waals surface area contributed by atoms with Crippen LogP contribution in [0.5, 0.6) is 0 Å². The Bertz CT molecular complexity index is 574. The third-order valence-corrected chi connectivity index (χ3v) is 8.99. The molecular weight excluding hydrogens is 316 g/mol. The number of hydrogen-bond acceptors (Lipinski definition) is 4. The van der Waals surface area contributed by atoms with Crippen molar-refractivity contribution in [3.05, 3.63) is 11.6 Å². The van der Waals surface area contributed by atoms with E-state index in [1.54, 1.807) is 0 Å². The highest BCUT2D eigenvalue weighted by Crippen LogP contribution is 2.67. The number of fused-ring (bicyclic) bond motifs is 5. The minimum atomic E-state index is -0.951. The SMILES string of the molecule is C/C=C1/CCC2C3C(O)[C@H](O)C4C(O)[C@H](O)CC[C@]4(C)C3CC[C@]12C. The van der Waals surface area contributed by atoms with E-state index in [0.717, 1.165) is 32.1 Å². The van der Waals surface area contributed by atoms with Gasteiger partial charge in [0.2, 0.25) is 0 Å². The molecule has 4 rings (SSSR count). The van der Waals surface area contributed by atoms with Gasteiger partial charge in [-0.05, 0) is 74.0 Å². The van der Waals surface area contributed by atoms with E-state index in [1.165, 1.54) is 5.57 Å². The van der Waals surface area contributed by atoms with Crippen molar-refractivity contribution in [2.75, 3.05) is 0 Å². The van der Waals surface area contributed by atoms with Crippen LogP contribution < -0.4 is 0 Å². The Morgan fingerprint density at radius 3 is 2.28 bits per heavy atom. The summed E-state index contributed by atoms with van der Waals surface area (Å²) in [6.45, 7) is 6.66. The van der Waals surface area contributed by atoms with Crippen LogP contribution in [0.1, 0.15) is 59.3 Å². The highest BCUT2D eigenvalue weighted by Gasteiger charge is 2.65. The molecule has 4 N–H and O–H groups in total. The van der Waals surface area contributed by atoms with Crippen molar-refractivity contribution in [2.45, 2.75) is 83.7 Å². The Morgan fingerprint density at radius 1 is 0.880 bits per heavy atom. The van der Waals surface area contributed by atoms with Crippen LogP contribution in [-0.4, -0.2) is 44.8 Å². The average Bonchev–Trinajstić information content (AvgIpc) is 2.92. The number of hydrogen-bond donors (Lipinski definition) is 4. The van der Waals surface area contributed by atoms with Crippen LogP contribution in [-0.2, 0) is 0 Å². The van der Waals surface area contributed by atoms with Crippen molar-refractivity contribution in [3.8, 4) is 0 Å². The monoisotopic (exact) mass is 350 g/mol. The van der Waals surface area contributed by atoms with Gasteiger partial charge in [-0.1, -0.05) is 25.5 Å². The predicted molar refractivity (Wildman–Crippen MR) is 95.7 cm³/mol. The summed E-state index contributed by atoms with van der Waals surface area (Å²) in [4.78, 5) is 0. The van der Waals surface area contributed by atoms with Gasteiger partial charge in [0.1, 0.15) is 0 Å². The zero-order valence-electron chi connectivity index (χ0n) is 15.7. The zero-order valence-corrected chi connectivity index (χ0v) is 15.7. The highest BCUT2D eigenvalue weighted by molar-refractivity contribution is 5.25. The first-order valence-corrected chi connectivity index (χ1v) is 10.1. The smallest absolute Gasteiger partial charge is 0.0861 e. The lowest BCUT2D eigenvalue weighted by Crippen LogP contribution is -2.67. The lowest BCUT2D eigenvalue weighted by molar-refractivity contribution is -0.247. The molecule has 4 fully saturated rings. The molecule has 4 aliphatic rings. The van der Waals surface area contributed by atoms with Crippen LogP contribution in [0.25, 0.3) is 0 Å². The maximum absolute atomic E-state index is 11.1. The van der Waals surface area contributed by atoms with E-state index < -0.39 is 30.3 Å². The third kappa shape index (κ3) is 2.20. The maximum Gasteiger partial charge on any atom is 0.0861 e. The van der Waals surface area contributed by atoms with Gasteiger partial charge in [0.25, 0.3) is 0 Å². The first-order valence-electron chi connectivity index (χ1n) is 10.1. The van der Waals surface area contributed by atoms with Gasteiger partial charge in [-0.25, -0.2) is 0 Å². The van der Waals surface area contributed by atoms with Crippen LogP contribution in [0.3, 0.4) is 0 Å². The molecule has 10 atom stereocenters. The first-order chi connectivity index (χ1) is 11.8. The molecule has 0 aromatic carbocycles. The molecule has 0 amide bonds. The van der Waals surface area contributed by atoms with Crippen LogP contribution >= 0.6 is 0 Å². The highest BCUT2D eigenvalue weighted by atomic mass is 16.3. The second-order valence-electron chi connectivity index (χ2n) is 9.71. The predicted octanol–water partition coefficient (Wildman–Crippen LogP) is 2.25. The second-order valence-corrected chi connectivity index (χ2v) is 9.71. The van der Waals surface area contributed by atoms with Gasteiger partial charge in [0, 0.05) is 5.92 Å². The van der Waals surface area contributed by atoms with E-state index >= 15 is 0 Å². The molecule has 0 aliphatic heterocycles. The minimum absolute atomic E-state index is 0.0925. The van der Waals surface area contributed by atoms with Gasteiger partial charge in [-0.3, -0.25) is 0 Å². The summed E-state index contributed by atoms with van der Waals surface area (Å²) < 4.78 is 0. The molecule has 0 bridgehead atoms. The molecule has 0 aromatic rings. The van der Waals surface area contributed by atoms with Crippen molar-refractivity contribution in [3.63, 3.8) is 0 Å². The standard InChI is InChI=1S/C21H34O4/c1-4-11-5-6-12-15-13(7-9-20(11,12)2)21(3)10-8-14(22)17(23)16(21)19(25)18(15)24/h4,12-19,22-25H,5-10H2,1-3H3/b11-4-/t12?,13?,14-,15?,16?,17?,18?,19-,20-,21-/m1/s1. The fraction of sp³-hybridized carbons (Fsp3) is 0.905. The molecule has 0 radical (unpaired) electrons. The fourth-order valence-electron chi connectivity index (χ4n) is 7.65. The molecule has 4 nitrogen and oxygen atoms in total. The first kappa shape index (κ1) is 18.0. The quantitative estimate of drug-likeness (QED) is 0.505. The summed E-state index contributed by atoms with van der Waals surface area (Å²) in [7, 11) is 0. The van der Waals surface area contributed by atoms with Crippen molar-refractivity contribution >= 4 is 0 Å². The summed E-state index contributed by atoms with van der Waals surface area (Å²) in [5.41, 5.74) is 1.46. The molecule has 0 aromatic heterocycles. The Morgan fingerprint density at radius 2 is 1.60 bits per heavy atom. The van der Waals surface area contributed by atoms with Crippen molar-refractivity contribution in [2.24, 2.45) is 34.5 Å². The third-order valence-electron chi connectivity index (χ3n) is 8.99. The Balaban J connectivity index is 1.74. The second kappa shape index (κ2) is 5.79. The van der Waals surface area contributed by atoms with Crippen molar-refractivity contribution in [1.29, 1.82) is 0 Å². The van der Waals surface area contributed by atoms with E-state index in [0.29, 0.717) is 18.3 Å². The Kier molecular flexibility index (Phi) is 4.16. The summed E-state index contributed by atoms with van der Waals surface area (Å²) >= 11 is 0. The Hall–Kier alpha value is -0.420. The topological polar surface area (TPSA) is 80.9 Å². The molecule has 25 heavy (non-hydrogen) atoms. The van der Waals surface area contributed by atoms with Crippen LogP contribution in [0, 0.1) is 34.5 Å². The molecule has 142 valence electrons. The van der Waals surface area contributed by atoms with Crippen LogP contribution in [0.4, 0.5) is 0 Å². The number of rotatable bonds is 0. The van der Waals surface area contributed by atoms with E-state index in [9.17, 15) is 20.4 Å². The number of aliphatic hydroxyl groups excluding tert-OH is 4. The van der Waals surface area contributed by atoms with Crippen molar-refractivity contribution in [1.82, 2.24) is 0 Å². The average molecular weight is 350 g/mol. The van der Waals surface area contributed by atoms with E-state index in [1.807, 2.05) is 0 Å². The van der Waals surface area contributed by atoms with Crippen LogP contribution in [0.2, 0.25) is 0 Å². The van der Waals surface area contributed by atoms with E-state index in [-0.39, 0.29) is 16.7 Å². The lowest BCUT2D eigenvalue weighted by Gasteiger charge is -2.64. The molecule has 4 aliphatic carbocycles. The summed E-state index contributed by atoms with van der Waals surface area (Å²) in [5, 5.41) is 42.8. The summed E-state index contributed by atoms with van der Waals surface area (Å²) in [6.07, 6.45) is 4.55. The molecule has 0 spiro atoms. The van der Waals surface area contributed by atoms with Gasteiger partial charge >= 0.3 is 0 Å². The van der Waals surface area contributed by atoms with Gasteiger partial charge in [-0.2, -0.15) is 0 Å². The van der Waals surface area contributed by atoms with Gasteiger partial charge in [0.15, 0.2) is 0 Å². The molecule has 0 saturated heterocycles. The Labute approximate surface area is 151 Å².